The van der Waals surface area contributed by atoms with E-state index in [0.717, 1.165) is 24.9 Å². The first kappa shape index (κ1) is 20.2. The van der Waals surface area contributed by atoms with Crippen LogP contribution in [0.5, 0.6) is 11.5 Å². The van der Waals surface area contributed by atoms with Gasteiger partial charge in [0.2, 0.25) is 0 Å². The largest absolute Gasteiger partial charge is 0.493 e. The standard InChI is InChI=1S/C23H29NO4/c1-15-10-16(2)12-19(11-15)22(24-9-5-6-18(14-24)23(25)26)17-7-8-20(27-3)21(13-17)28-4/h7-8,10-13,18,22H,5-6,9,14H2,1-4H3,(H,25,26). The van der Waals surface area contributed by atoms with Gasteiger partial charge in [0.1, 0.15) is 0 Å². The van der Waals surface area contributed by atoms with Crippen molar-refractivity contribution in [1.82, 2.24) is 4.90 Å². The third kappa shape index (κ3) is 4.30. The molecule has 3 rings (SSSR count). The lowest BCUT2D eigenvalue weighted by atomic mass is 9.90. The normalized spacial score (nSPS) is 18.5. The van der Waals surface area contributed by atoms with E-state index in [9.17, 15) is 9.90 Å². The number of carboxylic acids is 1. The van der Waals surface area contributed by atoms with E-state index in [0.29, 0.717) is 18.0 Å². The maximum atomic E-state index is 11.6. The lowest BCUT2D eigenvalue weighted by Gasteiger charge is -2.38. The van der Waals surface area contributed by atoms with Crippen molar-refractivity contribution in [2.75, 3.05) is 27.3 Å². The molecule has 2 unspecified atom stereocenters. The first-order valence-electron chi connectivity index (χ1n) is 9.70. The number of aryl methyl sites for hydroxylation is 2. The Morgan fingerprint density at radius 1 is 1.04 bits per heavy atom. The Bertz CT molecular complexity index is 828. The summed E-state index contributed by atoms with van der Waals surface area (Å²) in [5.74, 6) is 0.326. The number of likely N-dealkylation sites (tertiary alicyclic amines) is 1. The molecule has 0 bridgehead atoms. The van der Waals surface area contributed by atoms with E-state index in [-0.39, 0.29) is 12.0 Å². The summed E-state index contributed by atoms with van der Waals surface area (Å²) >= 11 is 0. The van der Waals surface area contributed by atoms with Gasteiger partial charge in [-0.05, 0) is 56.5 Å². The number of aliphatic carboxylic acids is 1. The lowest BCUT2D eigenvalue weighted by molar-refractivity contribution is -0.143. The molecule has 1 heterocycles. The maximum Gasteiger partial charge on any atom is 0.307 e. The number of hydrogen-bond acceptors (Lipinski definition) is 4. The molecule has 2 aromatic rings. The summed E-state index contributed by atoms with van der Waals surface area (Å²) in [7, 11) is 3.26. The van der Waals surface area contributed by atoms with Crippen molar-refractivity contribution < 1.29 is 19.4 Å². The smallest absolute Gasteiger partial charge is 0.307 e. The number of piperidine rings is 1. The van der Waals surface area contributed by atoms with Crippen molar-refractivity contribution in [3.8, 4) is 11.5 Å². The van der Waals surface area contributed by atoms with Crippen LogP contribution >= 0.6 is 0 Å². The number of benzene rings is 2. The van der Waals surface area contributed by atoms with Gasteiger partial charge in [0.05, 0.1) is 26.2 Å². The molecule has 1 aliphatic rings. The molecular weight excluding hydrogens is 354 g/mol. The summed E-state index contributed by atoms with van der Waals surface area (Å²) in [6.07, 6.45) is 1.61. The minimum atomic E-state index is -0.712. The zero-order chi connectivity index (χ0) is 20.3. The number of nitrogens with zero attached hydrogens (tertiary/aromatic N) is 1. The van der Waals surface area contributed by atoms with E-state index >= 15 is 0 Å². The van der Waals surface area contributed by atoms with Crippen molar-refractivity contribution in [1.29, 1.82) is 0 Å². The minimum Gasteiger partial charge on any atom is -0.493 e. The van der Waals surface area contributed by atoms with Crippen LogP contribution in [0.15, 0.2) is 36.4 Å². The Labute approximate surface area is 166 Å². The summed E-state index contributed by atoms with van der Waals surface area (Å²) in [6, 6.07) is 12.5. The van der Waals surface area contributed by atoms with Gasteiger partial charge in [-0.3, -0.25) is 9.69 Å². The lowest BCUT2D eigenvalue weighted by Crippen LogP contribution is -2.41. The average molecular weight is 383 g/mol. The van der Waals surface area contributed by atoms with Crippen LogP contribution in [-0.2, 0) is 4.79 Å². The van der Waals surface area contributed by atoms with Crippen molar-refractivity contribution in [3.05, 3.63) is 58.7 Å². The van der Waals surface area contributed by atoms with Gasteiger partial charge in [-0.1, -0.05) is 35.4 Å². The minimum absolute atomic E-state index is 0.0273. The molecule has 1 fully saturated rings. The van der Waals surface area contributed by atoms with E-state index < -0.39 is 5.97 Å². The van der Waals surface area contributed by atoms with Crippen molar-refractivity contribution in [2.24, 2.45) is 5.92 Å². The van der Waals surface area contributed by atoms with Crippen LogP contribution in [0.1, 0.15) is 41.1 Å². The fourth-order valence-corrected chi connectivity index (χ4v) is 4.25. The molecule has 0 amide bonds. The Balaban J connectivity index is 2.08. The molecule has 0 aliphatic carbocycles. The second kappa shape index (κ2) is 8.65. The Kier molecular flexibility index (Phi) is 6.25. The highest BCUT2D eigenvalue weighted by Gasteiger charge is 2.31. The Morgan fingerprint density at radius 3 is 2.32 bits per heavy atom. The van der Waals surface area contributed by atoms with E-state index in [1.807, 2.05) is 18.2 Å². The fraction of sp³-hybridized carbons (Fsp3) is 0.435. The number of rotatable bonds is 6. The molecule has 0 radical (unpaired) electrons. The van der Waals surface area contributed by atoms with Crippen molar-refractivity contribution >= 4 is 5.97 Å². The van der Waals surface area contributed by atoms with E-state index in [4.69, 9.17) is 9.47 Å². The molecule has 2 aromatic carbocycles. The maximum absolute atomic E-state index is 11.6. The fourth-order valence-electron chi connectivity index (χ4n) is 4.25. The summed E-state index contributed by atoms with van der Waals surface area (Å²) in [5, 5.41) is 9.55. The molecule has 1 N–H and O–H groups in total. The topological polar surface area (TPSA) is 59.0 Å². The summed E-state index contributed by atoms with van der Waals surface area (Å²) in [4.78, 5) is 13.9. The summed E-state index contributed by atoms with van der Waals surface area (Å²) in [5.41, 5.74) is 4.66. The average Bonchev–Trinajstić information content (AvgIpc) is 2.67. The number of hydrogen-bond donors (Lipinski definition) is 1. The van der Waals surface area contributed by atoms with Crippen LogP contribution < -0.4 is 9.47 Å². The zero-order valence-electron chi connectivity index (χ0n) is 17.1. The van der Waals surface area contributed by atoms with Crippen LogP contribution in [0, 0.1) is 19.8 Å². The van der Waals surface area contributed by atoms with E-state index in [1.54, 1.807) is 14.2 Å². The molecule has 0 saturated carbocycles. The van der Waals surface area contributed by atoms with Crippen molar-refractivity contribution in [2.45, 2.75) is 32.7 Å². The van der Waals surface area contributed by atoms with Gasteiger partial charge in [0, 0.05) is 6.54 Å². The van der Waals surface area contributed by atoms with Gasteiger partial charge in [-0.25, -0.2) is 0 Å². The summed E-state index contributed by atoms with van der Waals surface area (Å²) < 4.78 is 10.9. The molecule has 1 saturated heterocycles. The predicted octanol–water partition coefficient (Wildman–Crippen LogP) is 4.21. The second-order valence-electron chi connectivity index (χ2n) is 7.61. The molecule has 0 aromatic heterocycles. The first-order chi connectivity index (χ1) is 13.4. The predicted molar refractivity (Wildman–Crippen MR) is 109 cm³/mol. The van der Waals surface area contributed by atoms with Gasteiger partial charge in [0.15, 0.2) is 11.5 Å². The molecular formula is C23H29NO4. The van der Waals surface area contributed by atoms with Crippen LogP contribution in [0.25, 0.3) is 0 Å². The van der Waals surface area contributed by atoms with E-state index in [2.05, 4.69) is 36.9 Å². The number of carbonyl (C=O) groups is 1. The quantitative estimate of drug-likeness (QED) is 0.810. The number of methoxy groups -OCH3 is 2. The highest BCUT2D eigenvalue weighted by molar-refractivity contribution is 5.70. The molecule has 5 nitrogen and oxygen atoms in total. The van der Waals surface area contributed by atoms with Gasteiger partial charge in [0.25, 0.3) is 0 Å². The number of carboxylic acid groups (broad SMARTS) is 1. The molecule has 150 valence electrons. The van der Waals surface area contributed by atoms with Crippen LogP contribution in [0.2, 0.25) is 0 Å². The molecule has 2 atom stereocenters. The third-order valence-electron chi connectivity index (χ3n) is 5.45. The van der Waals surface area contributed by atoms with Crippen LogP contribution in [-0.4, -0.2) is 43.3 Å². The van der Waals surface area contributed by atoms with Gasteiger partial charge in [-0.15, -0.1) is 0 Å². The van der Waals surface area contributed by atoms with Crippen molar-refractivity contribution in [3.63, 3.8) is 0 Å². The zero-order valence-corrected chi connectivity index (χ0v) is 17.1. The number of ether oxygens (including phenoxy) is 2. The highest BCUT2D eigenvalue weighted by Crippen LogP contribution is 2.37. The molecule has 0 spiro atoms. The summed E-state index contributed by atoms with van der Waals surface area (Å²) in [6.45, 7) is 5.61. The van der Waals surface area contributed by atoms with Crippen LogP contribution in [0.4, 0.5) is 0 Å². The second-order valence-corrected chi connectivity index (χ2v) is 7.61. The van der Waals surface area contributed by atoms with E-state index in [1.165, 1.54) is 16.7 Å². The monoisotopic (exact) mass is 383 g/mol. The van der Waals surface area contributed by atoms with Gasteiger partial charge in [-0.2, -0.15) is 0 Å². The Hall–Kier alpha value is -2.53. The Morgan fingerprint density at radius 2 is 1.71 bits per heavy atom. The van der Waals surface area contributed by atoms with Crippen LogP contribution in [0.3, 0.4) is 0 Å². The third-order valence-corrected chi connectivity index (χ3v) is 5.45. The molecule has 28 heavy (non-hydrogen) atoms. The SMILES string of the molecule is COc1ccc(C(c2cc(C)cc(C)c2)N2CCCC(C(=O)O)C2)cc1OC. The van der Waals surface area contributed by atoms with Gasteiger partial charge >= 0.3 is 5.97 Å². The highest BCUT2D eigenvalue weighted by atomic mass is 16.5. The molecule has 5 heteroatoms. The van der Waals surface area contributed by atoms with Gasteiger partial charge < -0.3 is 14.6 Å². The molecule has 1 aliphatic heterocycles. The first-order valence-corrected chi connectivity index (χ1v) is 9.70.